The summed E-state index contributed by atoms with van der Waals surface area (Å²) in [6.07, 6.45) is 6.94. The molecule has 0 saturated carbocycles. The van der Waals surface area contributed by atoms with E-state index in [1.165, 1.54) is 19.3 Å². The lowest BCUT2D eigenvalue weighted by atomic mass is 9.85. The molecule has 0 spiro atoms. The lowest BCUT2D eigenvalue weighted by Crippen LogP contribution is -2.27. The monoisotopic (exact) mass is 287 g/mol. The third kappa shape index (κ3) is 4.31. The van der Waals surface area contributed by atoms with Gasteiger partial charge in [-0.05, 0) is 36.8 Å². The summed E-state index contributed by atoms with van der Waals surface area (Å²) in [5.41, 5.74) is 1.01. The van der Waals surface area contributed by atoms with Gasteiger partial charge in [-0.25, -0.2) is 4.98 Å². The Morgan fingerprint density at radius 1 is 1.43 bits per heavy atom. The van der Waals surface area contributed by atoms with Gasteiger partial charge in [0.15, 0.2) is 0 Å². The minimum absolute atomic E-state index is 0.106. The van der Waals surface area contributed by atoms with Crippen LogP contribution in [0.15, 0.2) is 31.0 Å². The van der Waals surface area contributed by atoms with Gasteiger partial charge in [-0.2, -0.15) is 0 Å². The molecule has 1 saturated heterocycles. The van der Waals surface area contributed by atoms with Crippen molar-refractivity contribution in [1.82, 2.24) is 10.3 Å². The first kappa shape index (κ1) is 15.5. The van der Waals surface area contributed by atoms with Crippen molar-refractivity contribution in [3.8, 4) is 0 Å². The summed E-state index contributed by atoms with van der Waals surface area (Å²) in [4.78, 5) is 18.6. The van der Waals surface area contributed by atoms with E-state index in [0.29, 0.717) is 17.5 Å². The molecule has 0 unspecified atom stereocenters. The molecule has 0 radical (unpaired) electrons. The van der Waals surface area contributed by atoms with E-state index in [2.05, 4.69) is 35.6 Å². The molecule has 1 aliphatic rings. The number of pyridine rings is 1. The van der Waals surface area contributed by atoms with Crippen molar-refractivity contribution >= 4 is 11.7 Å². The maximum absolute atomic E-state index is 11.8. The van der Waals surface area contributed by atoms with Gasteiger partial charge in [-0.3, -0.25) is 4.79 Å². The molecular formula is C17H25N3O. The molecule has 1 N–H and O–H groups in total. The highest BCUT2D eigenvalue weighted by Gasteiger charge is 2.23. The van der Waals surface area contributed by atoms with E-state index >= 15 is 0 Å². The number of rotatable bonds is 4. The molecule has 1 aromatic heterocycles. The van der Waals surface area contributed by atoms with Crippen LogP contribution in [0.5, 0.6) is 0 Å². The zero-order valence-corrected chi connectivity index (χ0v) is 13.1. The van der Waals surface area contributed by atoms with Crippen LogP contribution in [0.2, 0.25) is 0 Å². The number of nitrogens with zero attached hydrogens (tertiary/aromatic N) is 2. The van der Waals surface area contributed by atoms with E-state index in [0.717, 1.165) is 18.9 Å². The van der Waals surface area contributed by atoms with Crippen LogP contribution in [0, 0.1) is 5.41 Å². The van der Waals surface area contributed by atoms with Crippen LogP contribution >= 0.6 is 0 Å². The topological polar surface area (TPSA) is 45.2 Å². The molecule has 1 fully saturated rings. The van der Waals surface area contributed by atoms with Gasteiger partial charge in [-0.15, -0.1) is 6.58 Å². The lowest BCUT2D eigenvalue weighted by Gasteiger charge is -2.24. The van der Waals surface area contributed by atoms with Crippen LogP contribution in [0.1, 0.15) is 43.5 Å². The van der Waals surface area contributed by atoms with Gasteiger partial charge in [0.1, 0.15) is 5.82 Å². The number of amides is 1. The van der Waals surface area contributed by atoms with Crippen molar-refractivity contribution < 1.29 is 4.79 Å². The summed E-state index contributed by atoms with van der Waals surface area (Å²) in [7, 11) is 0. The molecule has 1 aliphatic heterocycles. The first-order valence-corrected chi connectivity index (χ1v) is 7.62. The molecule has 4 heteroatoms. The number of carbonyl (C=O) groups is 1. The standard InChI is InChI=1S/C17H25N3O/c1-4-10-18-16(21)14-6-7-15(19-13-14)20-11-5-8-17(2,3)9-12-20/h4,6-7,13H,1,5,8-12H2,2-3H3,(H,18,21). The van der Waals surface area contributed by atoms with Gasteiger partial charge >= 0.3 is 0 Å². The Bertz CT molecular complexity index is 493. The van der Waals surface area contributed by atoms with Crippen LogP contribution in [0.4, 0.5) is 5.82 Å². The molecule has 4 nitrogen and oxygen atoms in total. The van der Waals surface area contributed by atoms with Gasteiger partial charge in [-0.1, -0.05) is 19.9 Å². The van der Waals surface area contributed by atoms with Crippen LogP contribution in [0.3, 0.4) is 0 Å². The zero-order chi connectivity index (χ0) is 15.3. The molecule has 1 amide bonds. The van der Waals surface area contributed by atoms with Crippen LogP contribution in [-0.2, 0) is 0 Å². The second-order valence-electron chi connectivity index (χ2n) is 6.41. The second-order valence-corrected chi connectivity index (χ2v) is 6.41. The average molecular weight is 287 g/mol. The number of hydrogen-bond acceptors (Lipinski definition) is 3. The predicted molar refractivity (Wildman–Crippen MR) is 86.6 cm³/mol. The molecule has 2 heterocycles. The molecule has 0 aliphatic carbocycles. The van der Waals surface area contributed by atoms with Crippen LogP contribution in [-0.4, -0.2) is 30.5 Å². The number of hydrogen-bond donors (Lipinski definition) is 1. The summed E-state index contributed by atoms with van der Waals surface area (Å²) in [6, 6.07) is 3.79. The van der Waals surface area contributed by atoms with E-state index in [9.17, 15) is 4.79 Å². The lowest BCUT2D eigenvalue weighted by molar-refractivity contribution is 0.0957. The molecule has 1 aromatic rings. The summed E-state index contributed by atoms with van der Waals surface area (Å²) in [5, 5.41) is 2.76. The minimum atomic E-state index is -0.106. The van der Waals surface area contributed by atoms with Crippen LogP contribution < -0.4 is 10.2 Å². The summed E-state index contributed by atoms with van der Waals surface area (Å²) in [5.74, 6) is 0.860. The first-order chi connectivity index (χ1) is 10.0. The molecule has 0 bridgehead atoms. The molecular weight excluding hydrogens is 262 g/mol. The van der Waals surface area contributed by atoms with Gasteiger partial charge in [0.05, 0.1) is 5.56 Å². The van der Waals surface area contributed by atoms with Gasteiger partial charge in [0.25, 0.3) is 5.91 Å². The SMILES string of the molecule is C=CCNC(=O)c1ccc(N2CCCC(C)(C)CC2)nc1. The fourth-order valence-electron chi connectivity index (χ4n) is 2.63. The highest BCUT2D eigenvalue weighted by atomic mass is 16.1. The molecule has 2 rings (SSSR count). The maximum atomic E-state index is 11.8. The van der Waals surface area contributed by atoms with E-state index in [-0.39, 0.29) is 5.91 Å². The smallest absolute Gasteiger partial charge is 0.253 e. The van der Waals surface area contributed by atoms with Crippen molar-refractivity contribution in [2.24, 2.45) is 5.41 Å². The Labute approximate surface area is 127 Å². The summed E-state index contributed by atoms with van der Waals surface area (Å²) in [6.45, 7) is 10.8. The maximum Gasteiger partial charge on any atom is 0.253 e. The van der Waals surface area contributed by atoms with Crippen LogP contribution in [0.25, 0.3) is 0 Å². The predicted octanol–water partition coefficient (Wildman–Crippen LogP) is 3.01. The molecule has 0 aromatic carbocycles. The largest absolute Gasteiger partial charge is 0.357 e. The van der Waals surface area contributed by atoms with Crippen molar-refractivity contribution in [1.29, 1.82) is 0 Å². The van der Waals surface area contributed by atoms with Crippen molar-refractivity contribution in [2.45, 2.75) is 33.1 Å². The van der Waals surface area contributed by atoms with Gasteiger partial charge in [0, 0.05) is 25.8 Å². The third-order valence-electron chi connectivity index (χ3n) is 4.08. The van der Waals surface area contributed by atoms with E-state index in [1.807, 2.05) is 12.1 Å². The van der Waals surface area contributed by atoms with Gasteiger partial charge < -0.3 is 10.2 Å². The van der Waals surface area contributed by atoms with E-state index < -0.39 is 0 Å². The van der Waals surface area contributed by atoms with Crippen molar-refractivity contribution in [2.75, 3.05) is 24.5 Å². The third-order valence-corrected chi connectivity index (χ3v) is 4.08. The molecule has 21 heavy (non-hydrogen) atoms. The van der Waals surface area contributed by atoms with Crippen molar-refractivity contribution in [3.63, 3.8) is 0 Å². The number of nitrogens with one attached hydrogen (secondary N) is 1. The Balaban J connectivity index is 2.01. The second kappa shape index (κ2) is 6.74. The Hall–Kier alpha value is -1.84. The fourth-order valence-corrected chi connectivity index (χ4v) is 2.63. The zero-order valence-electron chi connectivity index (χ0n) is 13.1. The Morgan fingerprint density at radius 2 is 2.24 bits per heavy atom. The van der Waals surface area contributed by atoms with E-state index in [4.69, 9.17) is 0 Å². The molecule has 114 valence electrons. The van der Waals surface area contributed by atoms with E-state index in [1.54, 1.807) is 12.3 Å². The average Bonchev–Trinajstić information content (AvgIpc) is 2.66. The number of carbonyl (C=O) groups excluding carboxylic acids is 1. The van der Waals surface area contributed by atoms with Crippen molar-refractivity contribution in [3.05, 3.63) is 36.5 Å². The quantitative estimate of drug-likeness (QED) is 0.866. The highest BCUT2D eigenvalue weighted by molar-refractivity contribution is 5.94. The number of aromatic nitrogens is 1. The summed E-state index contributed by atoms with van der Waals surface area (Å²) >= 11 is 0. The fraction of sp³-hybridized carbons (Fsp3) is 0.529. The normalized spacial score (nSPS) is 17.9. The Kier molecular flexibility index (Phi) is 4.99. The summed E-state index contributed by atoms with van der Waals surface area (Å²) < 4.78 is 0. The number of anilines is 1. The highest BCUT2D eigenvalue weighted by Crippen LogP contribution is 2.31. The first-order valence-electron chi connectivity index (χ1n) is 7.62. The molecule has 0 atom stereocenters. The minimum Gasteiger partial charge on any atom is -0.357 e. The van der Waals surface area contributed by atoms with Gasteiger partial charge in [0.2, 0.25) is 0 Å². The Morgan fingerprint density at radius 3 is 2.90 bits per heavy atom.